The number of anilines is 1. The van der Waals surface area contributed by atoms with Gasteiger partial charge in [-0.05, 0) is 86.9 Å². The molecule has 5 rings (SSSR count). The smallest absolute Gasteiger partial charge is 0.293 e. The average molecular weight is 652 g/mol. The number of fused-ring (bicyclic) bond motifs is 1. The predicted molar refractivity (Wildman–Crippen MR) is 166 cm³/mol. The molecule has 3 amide bonds. The summed E-state index contributed by atoms with van der Waals surface area (Å²) in [5.74, 6) is -0.0361. The van der Waals surface area contributed by atoms with E-state index in [-0.39, 0.29) is 24.3 Å². The van der Waals surface area contributed by atoms with E-state index in [2.05, 4.69) is 21.2 Å². The zero-order valence-electron chi connectivity index (χ0n) is 21.9. The number of rotatable bonds is 9. The molecule has 1 N–H and O–H groups in total. The molecule has 4 aromatic carbocycles. The molecule has 0 aromatic heterocycles. The van der Waals surface area contributed by atoms with Crippen molar-refractivity contribution < 1.29 is 23.9 Å². The third-order valence-corrected chi connectivity index (χ3v) is 8.03. The van der Waals surface area contributed by atoms with Gasteiger partial charge in [0.25, 0.3) is 17.1 Å². The van der Waals surface area contributed by atoms with E-state index < -0.39 is 5.91 Å². The number of hydrogen-bond donors (Lipinski definition) is 1. The van der Waals surface area contributed by atoms with E-state index in [1.807, 2.05) is 49.4 Å². The Balaban J connectivity index is 1.33. The maximum atomic E-state index is 13.3. The fourth-order valence-corrected chi connectivity index (χ4v) is 5.94. The molecule has 1 aliphatic heterocycles. The molecule has 4 aromatic rings. The first-order valence-electron chi connectivity index (χ1n) is 12.7. The minimum Gasteiger partial charge on any atom is -0.490 e. The van der Waals surface area contributed by atoms with E-state index >= 15 is 0 Å². The van der Waals surface area contributed by atoms with Crippen LogP contribution >= 0.6 is 39.3 Å². The molecule has 1 aliphatic rings. The van der Waals surface area contributed by atoms with E-state index in [1.54, 1.807) is 42.5 Å². The third kappa shape index (κ3) is 6.59. The molecule has 0 bridgehead atoms. The zero-order chi connectivity index (χ0) is 28.9. The molecule has 0 atom stereocenters. The number of benzene rings is 4. The summed E-state index contributed by atoms with van der Waals surface area (Å²) in [7, 11) is 0. The van der Waals surface area contributed by atoms with Gasteiger partial charge in [-0.1, -0.05) is 66.2 Å². The van der Waals surface area contributed by atoms with Gasteiger partial charge in [-0.2, -0.15) is 0 Å². The van der Waals surface area contributed by atoms with E-state index in [9.17, 15) is 14.4 Å². The highest BCUT2D eigenvalue weighted by molar-refractivity contribution is 9.10. The van der Waals surface area contributed by atoms with Crippen LogP contribution in [0.25, 0.3) is 16.8 Å². The maximum Gasteiger partial charge on any atom is 0.293 e. The molecule has 10 heteroatoms. The van der Waals surface area contributed by atoms with Gasteiger partial charge in [0, 0.05) is 0 Å². The standard InChI is InChI=1S/C31H24BrClN2O5S/c1-2-39-26-15-19(14-23(32)29(26)40-18-28(36)34-25-13-6-5-12-24(25)33)16-27-30(37)35(31(38)41-27)17-21-10-7-9-20-8-3-4-11-22(20)21/h3-16H,2,17-18H2,1H3,(H,34,36)/b27-16-. The number of carbonyl (C=O) groups is 3. The average Bonchev–Trinajstić information content (AvgIpc) is 3.21. The molecule has 0 radical (unpaired) electrons. The van der Waals surface area contributed by atoms with E-state index in [0.717, 1.165) is 28.1 Å². The first-order chi connectivity index (χ1) is 19.8. The molecule has 0 saturated carbocycles. The van der Waals surface area contributed by atoms with Crippen molar-refractivity contribution in [3.63, 3.8) is 0 Å². The maximum absolute atomic E-state index is 13.3. The summed E-state index contributed by atoms with van der Waals surface area (Å²) in [5.41, 5.74) is 2.01. The van der Waals surface area contributed by atoms with Crippen molar-refractivity contribution >= 4 is 78.9 Å². The van der Waals surface area contributed by atoms with Gasteiger partial charge in [-0.25, -0.2) is 0 Å². The molecule has 208 valence electrons. The van der Waals surface area contributed by atoms with Crippen LogP contribution < -0.4 is 14.8 Å². The van der Waals surface area contributed by atoms with Gasteiger partial charge in [-0.3, -0.25) is 19.3 Å². The van der Waals surface area contributed by atoms with Crippen LogP contribution in [0.2, 0.25) is 5.02 Å². The number of imide groups is 1. The van der Waals surface area contributed by atoms with Gasteiger partial charge >= 0.3 is 0 Å². The monoisotopic (exact) mass is 650 g/mol. The van der Waals surface area contributed by atoms with E-state index in [1.165, 1.54) is 4.90 Å². The molecule has 41 heavy (non-hydrogen) atoms. The first kappa shape index (κ1) is 28.7. The zero-order valence-corrected chi connectivity index (χ0v) is 25.0. The highest BCUT2D eigenvalue weighted by atomic mass is 79.9. The summed E-state index contributed by atoms with van der Waals surface area (Å²) in [5, 5.41) is 4.85. The number of hydrogen-bond acceptors (Lipinski definition) is 6. The fourth-order valence-electron chi connectivity index (χ4n) is 4.35. The Bertz CT molecular complexity index is 1690. The van der Waals surface area contributed by atoms with E-state index in [4.69, 9.17) is 21.1 Å². The Hall–Kier alpha value is -3.79. The van der Waals surface area contributed by atoms with Crippen LogP contribution in [0.1, 0.15) is 18.1 Å². The lowest BCUT2D eigenvalue weighted by Gasteiger charge is -2.15. The van der Waals surface area contributed by atoms with Crippen LogP contribution in [0.5, 0.6) is 11.5 Å². The second kappa shape index (κ2) is 12.8. The number of nitrogens with zero attached hydrogens (tertiary/aromatic N) is 1. The number of ether oxygens (including phenoxy) is 2. The van der Waals surface area contributed by atoms with Crippen molar-refractivity contribution in [2.24, 2.45) is 0 Å². The van der Waals surface area contributed by atoms with Crippen LogP contribution in [0.4, 0.5) is 10.5 Å². The van der Waals surface area contributed by atoms with Crippen LogP contribution in [-0.2, 0) is 16.1 Å². The Morgan fingerprint density at radius 3 is 2.59 bits per heavy atom. The third-order valence-electron chi connectivity index (χ3n) is 6.21. The number of thioether (sulfide) groups is 1. The second-order valence-electron chi connectivity index (χ2n) is 8.99. The number of nitrogens with one attached hydrogen (secondary N) is 1. The highest BCUT2D eigenvalue weighted by Gasteiger charge is 2.35. The van der Waals surface area contributed by atoms with Crippen LogP contribution in [-0.4, -0.2) is 35.2 Å². The SMILES string of the molecule is CCOc1cc(/C=C2\SC(=O)N(Cc3cccc4ccccc34)C2=O)cc(Br)c1OCC(=O)Nc1ccccc1Cl. The topological polar surface area (TPSA) is 84.9 Å². The summed E-state index contributed by atoms with van der Waals surface area (Å²) in [6, 6.07) is 24.1. The lowest BCUT2D eigenvalue weighted by Crippen LogP contribution is -2.27. The van der Waals surface area contributed by atoms with Gasteiger partial charge in [0.1, 0.15) is 0 Å². The Morgan fingerprint density at radius 2 is 1.78 bits per heavy atom. The first-order valence-corrected chi connectivity index (χ1v) is 14.7. The molecule has 0 unspecified atom stereocenters. The van der Waals surface area contributed by atoms with Crippen molar-refractivity contribution in [2.75, 3.05) is 18.5 Å². The molecular weight excluding hydrogens is 628 g/mol. The van der Waals surface area contributed by atoms with Gasteiger partial charge in [-0.15, -0.1) is 0 Å². The Morgan fingerprint density at radius 1 is 1.02 bits per heavy atom. The Labute approximate surface area is 254 Å². The summed E-state index contributed by atoms with van der Waals surface area (Å²) in [4.78, 5) is 40.2. The molecule has 7 nitrogen and oxygen atoms in total. The van der Waals surface area contributed by atoms with E-state index in [0.29, 0.717) is 43.8 Å². The van der Waals surface area contributed by atoms with Crippen molar-refractivity contribution in [2.45, 2.75) is 13.5 Å². The summed E-state index contributed by atoms with van der Waals surface area (Å²) >= 11 is 10.5. The minimum atomic E-state index is -0.392. The molecule has 1 fully saturated rings. The van der Waals surface area contributed by atoms with Gasteiger partial charge in [0.05, 0.1) is 33.2 Å². The molecule has 1 heterocycles. The summed E-state index contributed by atoms with van der Waals surface area (Å²) < 4.78 is 12.1. The predicted octanol–water partition coefficient (Wildman–Crippen LogP) is 7.91. The molecule has 0 spiro atoms. The van der Waals surface area contributed by atoms with Crippen LogP contribution in [0.3, 0.4) is 0 Å². The molecular formula is C31H24BrClN2O5S. The fraction of sp³-hybridized carbons (Fsp3) is 0.129. The normalized spacial score (nSPS) is 14.1. The van der Waals surface area contributed by atoms with Gasteiger partial charge in [0.15, 0.2) is 18.1 Å². The summed E-state index contributed by atoms with van der Waals surface area (Å²) in [6.07, 6.45) is 1.65. The lowest BCUT2D eigenvalue weighted by molar-refractivity contribution is -0.123. The van der Waals surface area contributed by atoms with Crippen LogP contribution in [0, 0.1) is 0 Å². The molecule has 1 saturated heterocycles. The largest absolute Gasteiger partial charge is 0.490 e. The minimum absolute atomic E-state index is 0.181. The van der Waals surface area contributed by atoms with Crippen molar-refractivity contribution in [1.29, 1.82) is 0 Å². The summed E-state index contributed by atoms with van der Waals surface area (Å²) in [6.45, 7) is 2.07. The number of amides is 3. The van der Waals surface area contributed by atoms with Crippen molar-refractivity contribution in [3.05, 3.63) is 104 Å². The van der Waals surface area contributed by atoms with Gasteiger partial charge < -0.3 is 14.8 Å². The van der Waals surface area contributed by atoms with Crippen LogP contribution in [0.15, 0.2) is 88.2 Å². The van der Waals surface area contributed by atoms with Crippen molar-refractivity contribution in [3.8, 4) is 11.5 Å². The highest BCUT2D eigenvalue weighted by Crippen LogP contribution is 2.40. The molecule has 0 aliphatic carbocycles. The Kier molecular flexibility index (Phi) is 8.97. The number of halogens is 2. The second-order valence-corrected chi connectivity index (χ2v) is 11.2. The lowest BCUT2D eigenvalue weighted by atomic mass is 10.0. The van der Waals surface area contributed by atoms with Gasteiger partial charge in [0.2, 0.25) is 0 Å². The quantitative estimate of drug-likeness (QED) is 0.185. The van der Waals surface area contributed by atoms with Crippen molar-refractivity contribution in [1.82, 2.24) is 4.90 Å². The number of para-hydroxylation sites is 1. The number of carbonyl (C=O) groups excluding carboxylic acids is 3.